The average molecular weight is 274 g/mol. The second-order valence-electron chi connectivity index (χ2n) is 4.25. The lowest BCUT2D eigenvalue weighted by Crippen LogP contribution is -2.11. The van der Waals surface area contributed by atoms with Crippen LogP contribution in [0.4, 0.5) is 13.2 Å². The van der Waals surface area contributed by atoms with Crippen molar-refractivity contribution in [2.24, 2.45) is 0 Å². The quantitative estimate of drug-likeness (QED) is 0.793. The molecule has 0 amide bonds. The maximum Gasteiger partial charge on any atom is 0.389 e. The molecule has 0 saturated heterocycles. The molecule has 1 aromatic rings. The molecule has 0 aromatic heterocycles. The fraction of sp³-hybridized carbons (Fsp3) is 0.462. The largest absolute Gasteiger partial charge is 0.490 e. The molecular weight excluding hydrogens is 261 g/mol. The Kier molecular flexibility index (Phi) is 3.97. The van der Waals surface area contributed by atoms with Gasteiger partial charge >= 0.3 is 6.18 Å². The summed E-state index contributed by atoms with van der Waals surface area (Å²) < 4.78 is 47.0. The van der Waals surface area contributed by atoms with Crippen molar-refractivity contribution in [1.29, 1.82) is 0 Å². The second-order valence-corrected chi connectivity index (χ2v) is 4.25. The molecule has 0 N–H and O–H groups in total. The first-order valence-electron chi connectivity index (χ1n) is 5.95. The third-order valence-electron chi connectivity index (χ3n) is 2.71. The highest BCUT2D eigenvalue weighted by Gasteiger charge is 2.28. The number of hydrogen-bond donors (Lipinski definition) is 0. The molecule has 1 aliphatic rings. The highest BCUT2D eigenvalue weighted by Crippen LogP contribution is 2.31. The lowest BCUT2D eigenvalue weighted by atomic mass is 10.1. The van der Waals surface area contributed by atoms with Gasteiger partial charge < -0.3 is 9.47 Å². The van der Waals surface area contributed by atoms with Crippen molar-refractivity contribution in [3.63, 3.8) is 0 Å². The number of ketones is 1. The van der Waals surface area contributed by atoms with Gasteiger partial charge in [-0.3, -0.25) is 4.79 Å². The molecule has 0 atom stereocenters. The lowest BCUT2D eigenvalue weighted by molar-refractivity contribution is -0.133. The molecule has 19 heavy (non-hydrogen) atoms. The predicted molar refractivity (Wildman–Crippen MR) is 61.7 cm³/mol. The minimum atomic E-state index is -4.32. The van der Waals surface area contributed by atoms with Crippen LogP contribution in [-0.4, -0.2) is 25.2 Å². The Bertz CT molecular complexity index is 469. The normalized spacial score (nSPS) is 14.9. The van der Waals surface area contributed by atoms with Crippen LogP contribution in [0.15, 0.2) is 18.2 Å². The van der Waals surface area contributed by atoms with E-state index in [0.717, 1.165) is 6.42 Å². The van der Waals surface area contributed by atoms with Gasteiger partial charge in [0.25, 0.3) is 0 Å². The first kappa shape index (κ1) is 13.7. The summed E-state index contributed by atoms with van der Waals surface area (Å²) in [6, 6.07) is 4.47. The van der Waals surface area contributed by atoms with Crippen molar-refractivity contribution in [2.45, 2.75) is 25.4 Å². The number of hydrogen-bond acceptors (Lipinski definition) is 3. The zero-order chi connectivity index (χ0) is 13.9. The Hall–Kier alpha value is -1.72. The van der Waals surface area contributed by atoms with Crippen LogP contribution in [0.25, 0.3) is 0 Å². The molecule has 0 fully saturated rings. The highest BCUT2D eigenvalue weighted by molar-refractivity contribution is 5.96. The summed E-state index contributed by atoms with van der Waals surface area (Å²) in [4.78, 5) is 11.7. The molecular formula is C13H13F3O3. The SMILES string of the molecule is O=C(CCC(F)(F)F)c1ccc2c(c1)OCCCO2. The van der Waals surface area contributed by atoms with Gasteiger partial charge in [-0.1, -0.05) is 0 Å². The van der Waals surface area contributed by atoms with Gasteiger partial charge in [-0.25, -0.2) is 0 Å². The Morgan fingerprint density at radius 3 is 2.53 bits per heavy atom. The molecule has 3 nitrogen and oxygen atoms in total. The first-order valence-corrected chi connectivity index (χ1v) is 5.95. The number of ether oxygens (including phenoxy) is 2. The smallest absolute Gasteiger partial charge is 0.389 e. The van der Waals surface area contributed by atoms with E-state index in [1.807, 2.05) is 0 Å². The molecule has 1 aromatic carbocycles. The summed E-state index contributed by atoms with van der Waals surface area (Å²) in [6.07, 6.45) is -5.25. The van der Waals surface area contributed by atoms with Gasteiger partial charge in [-0.2, -0.15) is 13.2 Å². The lowest BCUT2D eigenvalue weighted by Gasteiger charge is -2.09. The van der Waals surface area contributed by atoms with E-state index in [2.05, 4.69) is 0 Å². The van der Waals surface area contributed by atoms with Crippen LogP contribution in [0.1, 0.15) is 29.6 Å². The van der Waals surface area contributed by atoms with Gasteiger partial charge in [0, 0.05) is 18.4 Å². The van der Waals surface area contributed by atoms with Gasteiger partial charge in [0.15, 0.2) is 17.3 Å². The molecule has 0 spiro atoms. The van der Waals surface area contributed by atoms with Gasteiger partial charge in [0.05, 0.1) is 19.6 Å². The topological polar surface area (TPSA) is 35.5 Å². The van der Waals surface area contributed by atoms with E-state index >= 15 is 0 Å². The number of halogens is 3. The van der Waals surface area contributed by atoms with Crippen molar-refractivity contribution in [2.75, 3.05) is 13.2 Å². The number of carbonyl (C=O) groups excluding carboxylic acids is 1. The van der Waals surface area contributed by atoms with E-state index in [1.165, 1.54) is 12.1 Å². The van der Waals surface area contributed by atoms with Crippen molar-refractivity contribution < 1.29 is 27.4 Å². The van der Waals surface area contributed by atoms with Gasteiger partial charge in [0.2, 0.25) is 0 Å². The summed E-state index contributed by atoms with van der Waals surface area (Å²) in [5.74, 6) is 0.383. The van der Waals surface area contributed by atoms with E-state index in [9.17, 15) is 18.0 Å². The Labute approximate surface area is 108 Å². The molecule has 1 aliphatic heterocycles. The Morgan fingerprint density at radius 2 is 1.84 bits per heavy atom. The average Bonchev–Trinajstić information content (AvgIpc) is 2.59. The van der Waals surface area contributed by atoms with Crippen molar-refractivity contribution in [3.8, 4) is 11.5 Å². The summed E-state index contributed by atoms with van der Waals surface area (Å²) >= 11 is 0. The number of benzene rings is 1. The second kappa shape index (κ2) is 5.50. The van der Waals surface area contributed by atoms with Crippen LogP contribution in [0.2, 0.25) is 0 Å². The van der Waals surface area contributed by atoms with Gasteiger partial charge in [-0.15, -0.1) is 0 Å². The Morgan fingerprint density at radius 1 is 1.16 bits per heavy atom. The van der Waals surface area contributed by atoms with E-state index < -0.39 is 24.8 Å². The molecule has 0 aliphatic carbocycles. The van der Waals surface area contributed by atoms with Crippen molar-refractivity contribution in [3.05, 3.63) is 23.8 Å². The van der Waals surface area contributed by atoms with Crippen LogP contribution in [-0.2, 0) is 0 Å². The van der Waals surface area contributed by atoms with E-state index in [1.54, 1.807) is 6.07 Å². The fourth-order valence-corrected chi connectivity index (χ4v) is 1.74. The zero-order valence-electron chi connectivity index (χ0n) is 10.1. The summed E-state index contributed by atoms with van der Waals surface area (Å²) in [5, 5.41) is 0. The molecule has 104 valence electrons. The third kappa shape index (κ3) is 3.87. The Balaban J connectivity index is 2.08. The van der Waals surface area contributed by atoms with Gasteiger partial charge in [-0.05, 0) is 18.2 Å². The van der Waals surface area contributed by atoms with Crippen LogP contribution in [0.5, 0.6) is 11.5 Å². The molecule has 0 unspecified atom stereocenters. The number of fused-ring (bicyclic) bond motifs is 1. The van der Waals surface area contributed by atoms with Crippen LogP contribution >= 0.6 is 0 Å². The van der Waals surface area contributed by atoms with E-state index in [-0.39, 0.29) is 5.56 Å². The summed E-state index contributed by atoms with van der Waals surface area (Å²) in [7, 11) is 0. The number of alkyl halides is 3. The number of rotatable bonds is 3. The molecule has 0 radical (unpaired) electrons. The van der Waals surface area contributed by atoms with Crippen LogP contribution < -0.4 is 9.47 Å². The maximum absolute atomic E-state index is 12.1. The standard InChI is InChI=1S/C13H13F3O3/c14-13(15,16)5-4-10(17)9-2-3-11-12(8-9)19-7-1-6-18-11/h2-3,8H,1,4-7H2. The monoisotopic (exact) mass is 274 g/mol. The minimum Gasteiger partial charge on any atom is -0.490 e. The zero-order valence-corrected chi connectivity index (χ0v) is 10.1. The number of Topliss-reactive ketones (excluding diaryl/α,β-unsaturated/α-hetero) is 1. The van der Waals surface area contributed by atoms with Crippen molar-refractivity contribution in [1.82, 2.24) is 0 Å². The number of carbonyl (C=O) groups is 1. The van der Waals surface area contributed by atoms with Crippen LogP contribution in [0, 0.1) is 0 Å². The highest BCUT2D eigenvalue weighted by atomic mass is 19.4. The van der Waals surface area contributed by atoms with Crippen molar-refractivity contribution >= 4 is 5.78 Å². The first-order chi connectivity index (χ1) is 8.96. The maximum atomic E-state index is 12.1. The predicted octanol–water partition coefficient (Wildman–Crippen LogP) is 3.37. The minimum absolute atomic E-state index is 0.216. The molecule has 2 rings (SSSR count). The van der Waals surface area contributed by atoms with E-state index in [4.69, 9.17) is 9.47 Å². The molecule has 0 saturated carbocycles. The third-order valence-corrected chi connectivity index (χ3v) is 2.71. The van der Waals surface area contributed by atoms with Crippen LogP contribution in [0.3, 0.4) is 0 Å². The van der Waals surface area contributed by atoms with E-state index in [0.29, 0.717) is 24.7 Å². The molecule has 1 heterocycles. The van der Waals surface area contributed by atoms with Gasteiger partial charge in [0.1, 0.15) is 0 Å². The summed E-state index contributed by atoms with van der Waals surface area (Å²) in [6.45, 7) is 0.988. The molecule has 0 bridgehead atoms. The molecule has 6 heteroatoms. The fourth-order valence-electron chi connectivity index (χ4n) is 1.74. The summed E-state index contributed by atoms with van der Waals surface area (Å²) in [5.41, 5.74) is 0.216.